The molecule has 0 aliphatic heterocycles. The molecular formula is C28H27NO3. The molecule has 1 aliphatic rings. The number of oxime groups is 1. The fraction of sp³-hybridized carbons (Fsp3) is 0.286. The number of carbonyl (C=O) groups excluding carboxylic acids is 1. The van der Waals surface area contributed by atoms with Crippen molar-refractivity contribution in [3.05, 3.63) is 71.3 Å². The minimum absolute atomic E-state index is 0.0612. The second kappa shape index (κ2) is 7.63. The minimum Gasteiger partial charge on any atom is -0.456 e. The summed E-state index contributed by atoms with van der Waals surface area (Å²) in [6.45, 7) is 8.05. The van der Waals surface area contributed by atoms with Gasteiger partial charge in [0.2, 0.25) is 0 Å². The van der Waals surface area contributed by atoms with Crippen LogP contribution in [0.3, 0.4) is 0 Å². The topological polar surface area (TPSA) is 51.8 Å². The Bertz CT molecular complexity index is 1390. The quantitative estimate of drug-likeness (QED) is 0.191. The van der Waals surface area contributed by atoms with Crippen LogP contribution in [-0.4, -0.2) is 11.7 Å². The van der Waals surface area contributed by atoms with E-state index in [1.165, 1.54) is 29.2 Å². The first-order valence-electron chi connectivity index (χ1n) is 11.3. The van der Waals surface area contributed by atoms with Gasteiger partial charge in [-0.05, 0) is 65.4 Å². The van der Waals surface area contributed by atoms with E-state index in [-0.39, 0.29) is 5.41 Å². The van der Waals surface area contributed by atoms with E-state index in [0.29, 0.717) is 0 Å². The average Bonchev–Trinajstić information content (AvgIpc) is 3.25. The molecule has 1 heterocycles. The van der Waals surface area contributed by atoms with Crippen molar-refractivity contribution < 1.29 is 14.0 Å². The second-order valence-corrected chi connectivity index (χ2v) is 9.10. The molecule has 0 saturated heterocycles. The smallest absolute Gasteiger partial charge is 0.331 e. The van der Waals surface area contributed by atoms with Crippen LogP contribution in [0.15, 0.2) is 64.2 Å². The minimum atomic E-state index is -0.411. The highest BCUT2D eigenvalue weighted by molar-refractivity contribution is 6.11. The lowest BCUT2D eigenvalue weighted by Crippen LogP contribution is -2.14. The summed E-state index contributed by atoms with van der Waals surface area (Å²) in [7, 11) is 0. The summed E-state index contributed by atoms with van der Waals surface area (Å²) in [5.74, 6) is -0.411. The molecule has 1 aromatic heterocycles. The fourth-order valence-electron chi connectivity index (χ4n) is 4.86. The standard InChI is InChI=1S/C28H27NO3/c1-5-6-11-25(29-32-17(2)30)18-12-13-26-21(14-18)22-15-20-19-9-7-8-10-23(19)28(3,4)24(20)16-27(22)31-26/h7-10,12-16H,5-6,11H2,1-4H3/b29-25+. The van der Waals surface area contributed by atoms with Gasteiger partial charge in [0.1, 0.15) is 11.2 Å². The molecule has 0 saturated carbocycles. The van der Waals surface area contributed by atoms with E-state index in [1.807, 2.05) is 12.1 Å². The van der Waals surface area contributed by atoms with Crippen molar-refractivity contribution in [1.29, 1.82) is 0 Å². The molecule has 4 heteroatoms. The summed E-state index contributed by atoms with van der Waals surface area (Å²) in [6.07, 6.45) is 2.77. The van der Waals surface area contributed by atoms with Gasteiger partial charge >= 0.3 is 5.97 Å². The third kappa shape index (κ3) is 3.22. The fourth-order valence-corrected chi connectivity index (χ4v) is 4.86. The molecule has 32 heavy (non-hydrogen) atoms. The number of benzene rings is 3. The van der Waals surface area contributed by atoms with Gasteiger partial charge in [0.25, 0.3) is 0 Å². The Morgan fingerprint density at radius 2 is 1.75 bits per heavy atom. The van der Waals surface area contributed by atoms with Gasteiger partial charge in [-0.3, -0.25) is 0 Å². The monoisotopic (exact) mass is 425 g/mol. The Kier molecular flexibility index (Phi) is 4.89. The molecule has 4 nitrogen and oxygen atoms in total. The zero-order chi connectivity index (χ0) is 22.5. The van der Waals surface area contributed by atoms with Gasteiger partial charge < -0.3 is 9.25 Å². The molecule has 0 spiro atoms. The molecule has 162 valence electrons. The van der Waals surface area contributed by atoms with Crippen LogP contribution in [0.4, 0.5) is 0 Å². The van der Waals surface area contributed by atoms with Gasteiger partial charge in [0.05, 0.1) is 5.71 Å². The average molecular weight is 426 g/mol. The highest BCUT2D eigenvalue weighted by Gasteiger charge is 2.35. The van der Waals surface area contributed by atoms with Crippen LogP contribution in [0.5, 0.6) is 0 Å². The van der Waals surface area contributed by atoms with E-state index in [1.54, 1.807) is 0 Å². The summed E-state index contributed by atoms with van der Waals surface area (Å²) in [5.41, 5.74) is 8.63. The van der Waals surface area contributed by atoms with Crippen molar-refractivity contribution in [2.75, 3.05) is 0 Å². The van der Waals surface area contributed by atoms with Gasteiger partial charge in [-0.15, -0.1) is 0 Å². The molecule has 3 aromatic carbocycles. The lowest BCUT2D eigenvalue weighted by Gasteiger charge is -2.21. The molecule has 0 radical (unpaired) electrons. The first-order valence-corrected chi connectivity index (χ1v) is 11.3. The Labute approximate surface area is 187 Å². The first kappa shape index (κ1) is 20.5. The third-order valence-electron chi connectivity index (χ3n) is 6.56. The van der Waals surface area contributed by atoms with E-state index in [4.69, 9.17) is 9.25 Å². The first-order chi connectivity index (χ1) is 15.4. The summed E-state index contributed by atoms with van der Waals surface area (Å²) in [5, 5.41) is 6.29. The van der Waals surface area contributed by atoms with Crippen LogP contribution in [0, 0.1) is 0 Å². The summed E-state index contributed by atoms with van der Waals surface area (Å²) < 4.78 is 6.26. The van der Waals surface area contributed by atoms with E-state index in [0.717, 1.165) is 52.5 Å². The normalized spacial score (nSPS) is 14.6. The molecule has 0 bridgehead atoms. The summed E-state index contributed by atoms with van der Waals surface area (Å²) >= 11 is 0. The predicted octanol–water partition coefficient (Wildman–Crippen LogP) is 7.35. The maximum atomic E-state index is 11.3. The van der Waals surface area contributed by atoms with Crippen molar-refractivity contribution in [2.45, 2.75) is 52.4 Å². The molecular weight excluding hydrogens is 398 g/mol. The zero-order valence-electron chi connectivity index (χ0n) is 19.0. The number of unbranched alkanes of at least 4 members (excludes halogenated alkanes) is 1. The summed E-state index contributed by atoms with van der Waals surface area (Å²) in [4.78, 5) is 16.3. The van der Waals surface area contributed by atoms with Crippen LogP contribution >= 0.6 is 0 Å². The predicted molar refractivity (Wildman–Crippen MR) is 129 cm³/mol. The molecule has 0 fully saturated rings. The number of rotatable bonds is 5. The highest BCUT2D eigenvalue weighted by atomic mass is 16.7. The van der Waals surface area contributed by atoms with E-state index < -0.39 is 5.97 Å². The zero-order valence-corrected chi connectivity index (χ0v) is 19.0. The molecule has 1 aliphatic carbocycles. The largest absolute Gasteiger partial charge is 0.456 e. The van der Waals surface area contributed by atoms with Crippen molar-refractivity contribution >= 4 is 33.6 Å². The number of fused-ring (bicyclic) bond motifs is 6. The molecule has 0 atom stereocenters. The van der Waals surface area contributed by atoms with Crippen LogP contribution in [0.2, 0.25) is 0 Å². The van der Waals surface area contributed by atoms with Crippen molar-refractivity contribution in [3.63, 3.8) is 0 Å². The van der Waals surface area contributed by atoms with Gasteiger partial charge in [0, 0.05) is 28.7 Å². The van der Waals surface area contributed by atoms with Crippen molar-refractivity contribution in [2.24, 2.45) is 5.16 Å². The van der Waals surface area contributed by atoms with Gasteiger partial charge in [-0.2, -0.15) is 0 Å². The number of hydrogen-bond donors (Lipinski definition) is 0. The highest BCUT2D eigenvalue weighted by Crippen LogP contribution is 2.50. The Morgan fingerprint density at radius 3 is 2.53 bits per heavy atom. The SMILES string of the molecule is CCCC/C(=N\OC(C)=O)c1ccc2oc3cc4c(cc3c2c1)-c1ccccc1C4(C)C. The molecule has 0 unspecified atom stereocenters. The van der Waals surface area contributed by atoms with Crippen LogP contribution in [-0.2, 0) is 15.0 Å². The number of hydrogen-bond acceptors (Lipinski definition) is 4. The molecule has 4 aromatic rings. The van der Waals surface area contributed by atoms with Crippen LogP contribution in [0.1, 0.15) is 63.6 Å². The maximum Gasteiger partial charge on any atom is 0.331 e. The lowest BCUT2D eigenvalue weighted by atomic mass is 9.82. The van der Waals surface area contributed by atoms with Crippen molar-refractivity contribution in [1.82, 2.24) is 0 Å². The van der Waals surface area contributed by atoms with Crippen LogP contribution in [0.25, 0.3) is 33.1 Å². The van der Waals surface area contributed by atoms with Gasteiger partial charge in [0.15, 0.2) is 0 Å². The van der Waals surface area contributed by atoms with Gasteiger partial charge in [-0.25, -0.2) is 4.79 Å². The van der Waals surface area contributed by atoms with E-state index in [2.05, 4.69) is 68.4 Å². The maximum absolute atomic E-state index is 11.3. The Hall–Kier alpha value is -3.40. The number of nitrogens with zero attached hydrogens (tertiary/aromatic N) is 1. The Balaban J connectivity index is 1.68. The van der Waals surface area contributed by atoms with Crippen molar-refractivity contribution in [3.8, 4) is 11.1 Å². The summed E-state index contributed by atoms with van der Waals surface area (Å²) in [6, 6.07) is 19.2. The van der Waals surface area contributed by atoms with E-state index in [9.17, 15) is 4.79 Å². The Morgan fingerprint density at radius 1 is 0.969 bits per heavy atom. The lowest BCUT2D eigenvalue weighted by molar-refractivity contribution is -0.140. The van der Waals surface area contributed by atoms with Gasteiger partial charge in [-0.1, -0.05) is 56.6 Å². The molecule has 5 rings (SSSR count). The van der Waals surface area contributed by atoms with E-state index >= 15 is 0 Å². The molecule has 0 amide bonds. The third-order valence-corrected chi connectivity index (χ3v) is 6.56. The number of furan rings is 1. The molecule has 0 N–H and O–H groups in total. The van der Waals surface area contributed by atoms with Crippen LogP contribution < -0.4 is 0 Å². The second-order valence-electron chi connectivity index (χ2n) is 9.10. The number of carbonyl (C=O) groups is 1.